The Bertz CT molecular complexity index is 610. The Morgan fingerprint density at radius 3 is 2.85 bits per heavy atom. The molecule has 3 rings (SSSR count). The summed E-state index contributed by atoms with van der Waals surface area (Å²) in [4.78, 5) is 24.6. The average Bonchev–Trinajstić information content (AvgIpc) is 3.41. The Morgan fingerprint density at radius 1 is 1.33 bits per heavy atom. The van der Waals surface area contributed by atoms with Crippen molar-refractivity contribution < 1.29 is 4.79 Å². The van der Waals surface area contributed by atoms with Crippen molar-refractivity contribution in [2.24, 2.45) is 10.9 Å². The highest BCUT2D eigenvalue weighted by Gasteiger charge is 2.27. The highest BCUT2D eigenvalue weighted by atomic mass is 32.1. The molecule has 2 fully saturated rings. The molecule has 2 aliphatic heterocycles. The largest absolute Gasteiger partial charge is 0.356 e. The minimum atomic E-state index is 0.0420. The van der Waals surface area contributed by atoms with Crippen LogP contribution >= 0.6 is 11.3 Å². The maximum Gasteiger partial charge on any atom is 0.243 e. The number of nitrogens with one attached hydrogen (secondary N) is 1. The third-order valence-corrected chi connectivity index (χ3v) is 6.33. The van der Waals surface area contributed by atoms with Crippen LogP contribution in [0.3, 0.4) is 0 Å². The van der Waals surface area contributed by atoms with Gasteiger partial charge in [0.1, 0.15) is 6.54 Å². The minimum absolute atomic E-state index is 0.0420. The van der Waals surface area contributed by atoms with E-state index in [1.807, 2.05) is 0 Å². The molecule has 0 bridgehead atoms. The van der Waals surface area contributed by atoms with Crippen LogP contribution in [-0.2, 0) is 11.2 Å². The Balaban J connectivity index is 1.54. The third kappa shape index (κ3) is 6.21. The van der Waals surface area contributed by atoms with E-state index in [0.717, 1.165) is 32.0 Å². The van der Waals surface area contributed by atoms with Gasteiger partial charge in [0.2, 0.25) is 5.91 Å². The molecule has 0 radical (unpaired) electrons. The highest BCUT2D eigenvalue weighted by molar-refractivity contribution is 7.09. The summed E-state index contributed by atoms with van der Waals surface area (Å²) in [6.45, 7) is 6.85. The van der Waals surface area contributed by atoms with Gasteiger partial charge >= 0.3 is 0 Å². The number of likely N-dealkylation sites (N-methyl/N-ethyl adjacent to an activating group) is 1. The van der Waals surface area contributed by atoms with Crippen LogP contribution in [0.4, 0.5) is 0 Å². The number of carbonyl (C=O) groups is 1. The Kier molecular flexibility index (Phi) is 7.52. The summed E-state index contributed by atoms with van der Waals surface area (Å²) in [5.74, 6) is 1.64. The number of hydrogen-bond donors (Lipinski definition) is 1. The number of thiophene rings is 1. The molecule has 0 saturated carbocycles. The summed E-state index contributed by atoms with van der Waals surface area (Å²) in [6, 6.07) is 4.26. The van der Waals surface area contributed by atoms with Crippen LogP contribution in [0.2, 0.25) is 0 Å². The lowest BCUT2D eigenvalue weighted by molar-refractivity contribution is -0.127. The van der Waals surface area contributed by atoms with E-state index in [2.05, 4.69) is 37.6 Å². The van der Waals surface area contributed by atoms with Crippen molar-refractivity contribution in [3.8, 4) is 0 Å². The van der Waals surface area contributed by atoms with Crippen LogP contribution in [0.15, 0.2) is 22.5 Å². The molecular formula is C20H33N5OS. The second kappa shape index (κ2) is 10.1. The second-order valence-electron chi connectivity index (χ2n) is 7.79. The van der Waals surface area contributed by atoms with Gasteiger partial charge in [-0.05, 0) is 56.1 Å². The van der Waals surface area contributed by atoms with Crippen LogP contribution in [0.5, 0.6) is 0 Å². The number of rotatable bonds is 7. The fourth-order valence-corrected chi connectivity index (χ4v) is 4.52. The molecule has 0 spiro atoms. The predicted octanol–water partition coefficient (Wildman–Crippen LogP) is 1.74. The van der Waals surface area contributed by atoms with Crippen molar-refractivity contribution in [2.45, 2.75) is 25.7 Å². The van der Waals surface area contributed by atoms with Gasteiger partial charge < -0.3 is 20.0 Å². The predicted molar refractivity (Wildman–Crippen MR) is 112 cm³/mol. The summed E-state index contributed by atoms with van der Waals surface area (Å²) >= 11 is 1.79. The van der Waals surface area contributed by atoms with Crippen molar-refractivity contribution in [3.63, 3.8) is 0 Å². The van der Waals surface area contributed by atoms with Gasteiger partial charge in [-0.1, -0.05) is 6.07 Å². The van der Waals surface area contributed by atoms with E-state index in [1.54, 1.807) is 30.3 Å². The lowest BCUT2D eigenvalue weighted by Crippen LogP contribution is -2.42. The van der Waals surface area contributed by atoms with E-state index in [4.69, 9.17) is 0 Å². The van der Waals surface area contributed by atoms with Gasteiger partial charge in [0.05, 0.1) is 0 Å². The molecule has 2 aliphatic rings. The SMILES string of the molecule is CN(C)C(=O)CN=C(NCCc1cccs1)N1CCC(CN2CCCC2)C1. The molecule has 1 unspecified atom stereocenters. The molecule has 0 aromatic carbocycles. The topological polar surface area (TPSA) is 51.2 Å². The first-order valence-corrected chi connectivity index (χ1v) is 11.0. The number of nitrogens with zero attached hydrogens (tertiary/aromatic N) is 4. The third-order valence-electron chi connectivity index (χ3n) is 5.40. The molecule has 7 heteroatoms. The van der Waals surface area contributed by atoms with Crippen LogP contribution in [-0.4, -0.2) is 86.5 Å². The van der Waals surface area contributed by atoms with Gasteiger partial charge in [0.25, 0.3) is 0 Å². The number of guanidine groups is 1. The molecular weight excluding hydrogens is 358 g/mol. The summed E-state index contributed by atoms with van der Waals surface area (Å²) < 4.78 is 0. The Morgan fingerprint density at radius 2 is 2.15 bits per heavy atom. The molecule has 1 atom stereocenters. The molecule has 1 aromatic rings. The van der Waals surface area contributed by atoms with Crippen molar-refractivity contribution in [2.75, 3.05) is 59.9 Å². The van der Waals surface area contributed by atoms with Crippen LogP contribution < -0.4 is 5.32 Å². The highest BCUT2D eigenvalue weighted by Crippen LogP contribution is 2.20. The first kappa shape index (κ1) is 20.1. The second-order valence-corrected chi connectivity index (χ2v) is 8.82. The van der Waals surface area contributed by atoms with E-state index < -0.39 is 0 Å². The van der Waals surface area contributed by atoms with E-state index in [9.17, 15) is 4.79 Å². The zero-order valence-corrected chi connectivity index (χ0v) is 17.5. The summed E-state index contributed by atoms with van der Waals surface area (Å²) in [5.41, 5.74) is 0. The number of aliphatic imine (C=N–C) groups is 1. The monoisotopic (exact) mass is 391 g/mol. The number of amides is 1. The Labute approximate surface area is 167 Å². The van der Waals surface area contributed by atoms with E-state index in [0.29, 0.717) is 5.92 Å². The van der Waals surface area contributed by atoms with Crippen LogP contribution in [0.1, 0.15) is 24.1 Å². The molecule has 6 nitrogen and oxygen atoms in total. The van der Waals surface area contributed by atoms with Crippen molar-refractivity contribution in [1.29, 1.82) is 0 Å². The van der Waals surface area contributed by atoms with Crippen molar-refractivity contribution >= 4 is 23.2 Å². The molecule has 27 heavy (non-hydrogen) atoms. The maximum absolute atomic E-state index is 12.0. The van der Waals surface area contributed by atoms with E-state index in [1.165, 1.54) is 43.8 Å². The van der Waals surface area contributed by atoms with Crippen molar-refractivity contribution in [3.05, 3.63) is 22.4 Å². The zero-order chi connectivity index (χ0) is 19.1. The van der Waals surface area contributed by atoms with Crippen LogP contribution in [0.25, 0.3) is 0 Å². The molecule has 3 heterocycles. The minimum Gasteiger partial charge on any atom is -0.356 e. The fourth-order valence-electron chi connectivity index (χ4n) is 3.81. The zero-order valence-electron chi connectivity index (χ0n) is 16.7. The van der Waals surface area contributed by atoms with Crippen LogP contribution in [0, 0.1) is 5.92 Å². The Hall–Kier alpha value is -1.60. The average molecular weight is 392 g/mol. The maximum atomic E-state index is 12.0. The quantitative estimate of drug-likeness (QED) is 0.568. The van der Waals surface area contributed by atoms with Gasteiger partial charge in [-0.15, -0.1) is 11.3 Å². The number of likely N-dealkylation sites (tertiary alicyclic amines) is 2. The van der Waals surface area contributed by atoms with Gasteiger partial charge in [0.15, 0.2) is 5.96 Å². The van der Waals surface area contributed by atoms with E-state index >= 15 is 0 Å². The first-order chi connectivity index (χ1) is 13.1. The van der Waals surface area contributed by atoms with Gasteiger partial charge in [-0.2, -0.15) is 0 Å². The standard InChI is InChI=1S/C20H33N5OS/c1-23(2)19(26)14-22-20(21-9-7-18-6-5-13-27-18)25-12-8-17(16-25)15-24-10-3-4-11-24/h5-6,13,17H,3-4,7-12,14-16H2,1-2H3,(H,21,22). The normalized spacial score (nSPS) is 21.0. The molecule has 1 amide bonds. The molecule has 1 N–H and O–H groups in total. The first-order valence-electron chi connectivity index (χ1n) is 10.1. The molecule has 2 saturated heterocycles. The molecule has 150 valence electrons. The summed E-state index contributed by atoms with van der Waals surface area (Å²) in [5, 5.41) is 5.62. The fraction of sp³-hybridized carbons (Fsp3) is 0.700. The lowest BCUT2D eigenvalue weighted by atomic mass is 10.1. The lowest BCUT2D eigenvalue weighted by Gasteiger charge is -2.24. The smallest absolute Gasteiger partial charge is 0.243 e. The summed E-state index contributed by atoms with van der Waals surface area (Å²) in [6.07, 6.45) is 4.90. The number of carbonyl (C=O) groups excluding carboxylic acids is 1. The molecule has 1 aromatic heterocycles. The summed E-state index contributed by atoms with van der Waals surface area (Å²) in [7, 11) is 3.56. The van der Waals surface area contributed by atoms with Crippen molar-refractivity contribution in [1.82, 2.24) is 20.0 Å². The molecule has 0 aliphatic carbocycles. The van der Waals surface area contributed by atoms with Gasteiger partial charge in [-0.3, -0.25) is 4.79 Å². The van der Waals surface area contributed by atoms with E-state index in [-0.39, 0.29) is 12.5 Å². The number of hydrogen-bond acceptors (Lipinski definition) is 4. The van der Waals surface area contributed by atoms with Gasteiger partial charge in [0, 0.05) is 45.2 Å². The van der Waals surface area contributed by atoms with Gasteiger partial charge in [-0.25, -0.2) is 4.99 Å².